The van der Waals surface area contributed by atoms with Gasteiger partial charge in [-0.2, -0.15) is 0 Å². The number of alkyl carbamates (subject to hydrolysis) is 1. The minimum absolute atomic E-state index is 0.00348. The lowest BCUT2D eigenvalue weighted by Crippen LogP contribution is -2.46. The Bertz CT molecular complexity index is 1030. The van der Waals surface area contributed by atoms with Gasteiger partial charge in [0.25, 0.3) is 0 Å². The monoisotopic (exact) mass is 455 g/mol. The van der Waals surface area contributed by atoms with Crippen LogP contribution in [0.15, 0.2) is 18.2 Å². The zero-order valence-electron chi connectivity index (χ0n) is 20.4. The number of carbonyl (C=O) groups is 2. The second-order valence-corrected chi connectivity index (χ2v) is 10.6. The molecule has 1 amide bonds. The van der Waals surface area contributed by atoms with E-state index in [2.05, 4.69) is 48.1 Å². The van der Waals surface area contributed by atoms with Gasteiger partial charge in [0.2, 0.25) is 0 Å². The van der Waals surface area contributed by atoms with Gasteiger partial charge in [0.05, 0.1) is 6.04 Å². The number of ether oxygens (including phenoxy) is 1. The molecule has 1 saturated carbocycles. The second kappa shape index (κ2) is 9.37. The number of benzene rings is 1. The average molecular weight is 456 g/mol. The molecule has 2 fully saturated rings. The predicted molar refractivity (Wildman–Crippen MR) is 129 cm³/mol. The summed E-state index contributed by atoms with van der Waals surface area (Å²) in [6, 6.07) is 6.41. The van der Waals surface area contributed by atoms with Crippen LogP contribution >= 0.6 is 0 Å². The number of carboxylic acids is 1. The fraction of sp³-hybridized carbons (Fsp3) is 0.615. The third-order valence-electron chi connectivity index (χ3n) is 7.84. The Hall–Kier alpha value is -2.54. The van der Waals surface area contributed by atoms with Crippen molar-refractivity contribution in [2.45, 2.75) is 52.0 Å². The van der Waals surface area contributed by atoms with Gasteiger partial charge in [0.1, 0.15) is 12.3 Å². The van der Waals surface area contributed by atoms with Gasteiger partial charge in [-0.1, -0.05) is 33.3 Å². The van der Waals surface area contributed by atoms with E-state index in [1.54, 1.807) is 0 Å². The van der Waals surface area contributed by atoms with Crippen LogP contribution in [0.2, 0.25) is 0 Å². The molecule has 5 atom stereocenters. The van der Waals surface area contributed by atoms with Crippen molar-refractivity contribution in [3.63, 3.8) is 0 Å². The number of hydrogen-bond donors (Lipinski definition) is 3. The van der Waals surface area contributed by atoms with Crippen molar-refractivity contribution in [2.24, 2.45) is 23.7 Å². The number of rotatable bonds is 7. The summed E-state index contributed by atoms with van der Waals surface area (Å²) in [7, 11) is 4.00. The number of aromatic amines is 1. The number of H-pyrrole nitrogens is 1. The Labute approximate surface area is 195 Å². The van der Waals surface area contributed by atoms with Crippen molar-refractivity contribution in [3.05, 3.63) is 35.0 Å². The first kappa shape index (κ1) is 23.6. The van der Waals surface area contributed by atoms with Gasteiger partial charge in [-0.15, -0.1) is 0 Å². The summed E-state index contributed by atoms with van der Waals surface area (Å²) in [6.45, 7) is 8.06. The van der Waals surface area contributed by atoms with E-state index in [0.717, 1.165) is 35.9 Å². The van der Waals surface area contributed by atoms with Crippen molar-refractivity contribution in [3.8, 4) is 0 Å². The number of aromatic carboxylic acids is 1. The smallest absolute Gasteiger partial charge is 0.407 e. The molecule has 5 unspecified atom stereocenters. The molecule has 1 saturated heterocycles. The lowest BCUT2D eigenvalue weighted by atomic mass is 9.59. The molecule has 33 heavy (non-hydrogen) atoms. The SMILES string of the molecule is CC(C)C1CCC(C)C(C2COC(=O)N2)C1c1ccc2[nH]c(C(=O)O)c(CCN(C)C)c2c1. The summed E-state index contributed by atoms with van der Waals surface area (Å²) in [5.74, 6) is 1.09. The Morgan fingerprint density at radius 2 is 2.03 bits per heavy atom. The molecule has 7 nitrogen and oxygen atoms in total. The van der Waals surface area contributed by atoms with E-state index in [1.807, 2.05) is 20.2 Å². The third kappa shape index (κ3) is 4.60. The Balaban J connectivity index is 1.81. The lowest BCUT2D eigenvalue weighted by molar-refractivity contribution is 0.0690. The molecule has 180 valence electrons. The summed E-state index contributed by atoms with van der Waals surface area (Å²) >= 11 is 0. The molecule has 2 aromatic rings. The molecule has 1 aliphatic heterocycles. The van der Waals surface area contributed by atoms with Crippen LogP contribution in [0, 0.1) is 23.7 Å². The van der Waals surface area contributed by atoms with E-state index in [0.29, 0.717) is 30.8 Å². The maximum atomic E-state index is 12.0. The highest BCUT2D eigenvalue weighted by atomic mass is 16.6. The number of amides is 1. The third-order valence-corrected chi connectivity index (χ3v) is 7.84. The number of aromatic nitrogens is 1. The fourth-order valence-corrected chi connectivity index (χ4v) is 6.19. The highest BCUT2D eigenvalue weighted by molar-refractivity contribution is 5.97. The molecule has 0 radical (unpaired) electrons. The lowest BCUT2D eigenvalue weighted by Gasteiger charge is -2.46. The Kier molecular flexibility index (Phi) is 6.71. The molecule has 2 heterocycles. The molecule has 3 N–H and O–H groups in total. The number of cyclic esters (lactones) is 1. The van der Waals surface area contributed by atoms with Crippen LogP contribution in [0.4, 0.5) is 4.79 Å². The minimum atomic E-state index is -0.920. The molecule has 0 spiro atoms. The number of carboxylic acid groups (broad SMARTS) is 1. The zero-order chi connectivity index (χ0) is 23.9. The van der Waals surface area contributed by atoms with Gasteiger partial charge in [-0.25, -0.2) is 9.59 Å². The first-order valence-electron chi connectivity index (χ1n) is 12.1. The maximum absolute atomic E-state index is 12.0. The Morgan fingerprint density at radius 1 is 1.27 bits per heavy atom. The topological polar surface area (TPSA) is 94.7 Å². The van der Waals surface area contributed by atoms with Crippen LogP contribution < -0.4 is 5.32 Å². The number of likely N-dealkylation sites (N-methyl/N-ethyl adjacent to an activating group) is 1. The molecule has 1 aliphatic carbocycles. The van der Waals surface area contributed by atoms with Gasteiger partial charge in [-0.3, -0.25) is 0 Å². The molecular formula is C26H37N3O4. The number of nitrogens with zero attached hydrogens (tertiary/aromatic N) is 1. The summed E-state index contributed by atoms with van der Waals surface area (Å²) < 4.78 is 5.30. The molecule has 7 heteroatoms. The van der Waals surface area contributed by atoms with Gasteiger partial charge in [0, 0.05) is 17.4 Å². The molecule has 1 aromatic heterocycles. The van der Waals surface area contributed by atoms with E-state index < -0.39 is 5.97 Å². The molecule has 4 rings (SSSR count). The van der Waals surface area contributed by atoms with E-state index in [1.165, 1.54) is 5.56 Å². The van der Waals surface area contributed by atoms with E-state index in [9.17, 15) is 14.7 Å². The summed E-state index contributed by atoms with van der Waals surface area (Å²) in [5.41, 5.74) is 3.26. The van der Waals surface area contributed by atoms with E-state index in [-0.39, 0.29) is 29.7 Å². The van der Waals surface area contributed by atoms with E-state index in [4.69, 9.17) is 4.74 Å². The zero-order valence-corrected chi connectivity index (χ0v) is 20.4. The molecule has 2 aliphatic rings. The van der Waals surface area contributed by atoms with E-state index >= 15 is 0 Å². The van der Waals surface area contributed by atoms with Crippen LogP contribution in [0.25, 0.3) is 10.9 Å². The van der Waals surface area contributed by atoms with Crippen molar-refractivity contribution >= 4 is 23.0 Å². The van der Waals surface area contributed by atoms with Crippen molar-refractivity contribution in [2.75, 3.05) is 27.2 Å². The number of fused-ring (bicyclic) bond motifs is 1. The van der Waals surface area contributed by atoms with Gasteiger partial charge < -0.3 is 25.0 Å². The predicted octanol–water partition coefficient (Wildman–Crippen LogP) is 4.48. The van der Waals surface area contributed by atoms with Crippen molar-refractivity contribution < 1.29 is 19.4 Å². The minimum Gasteiger partial charge on any atom is -0.477 e. The first-order chi connectivity index (χ1) is 15.7. The first-order valence-corrected chi connectivity index (χ1v) is 12.1. The van der Waals surface area contributed by atoms with Crippen LogP contribution in [0.1, 0.15) is 61.1 Å². The fourth-order valence-electron chi connectivity index (χ4n) is 6.19. The van der Waals surface area contributed by atoms with Crippen molar-refractivity contribution in [1.82, 2.24) is 15.2 Å². The number of carbonyl (C=O) groups excluding carboxylic acids is 1. The summed E-state index contributed by atoms with van der Waals surface area (Å²) in [5, 5.41) is 13.9. The summed E-state index contributed by atoms with van der Waals surface area (Å²) in [4.78, 5) is 29.1. The van der Waals surface area contributed by atoms with Crippen LogP contribution in [-0.2, 0) is 11.2 Å². The quantitative estimate of drug-likeness (QED) is 0.572. The molecule has 1 aromatic carbocycles. The highest BCUT2D eigenvalue weighted by Crippen LogP contribution is 2.50. The highest BCUT2D eigenvalue weighted by Gasteiger charge is 2.45. The molecule has 0 bridgehead atoms. The van der Waals surface area contributed by atoms with Gasteiger partial charge >= 0.3 is 12.1 Å². The van der Waals surface area contributed by atoms with Crippen LogP contribution in [-0.4, -0.2) is 60.3 Å². The normalized spacial score (nSPS) is 27.8. The maximum Gasteiger partial charge on any atom is 0.407 e. The Morgan fingerprint density at radius 3 is 2.64 bits per heavy atom. The average Bonchev–Trinajstić information content (AvgIpc) is 3.34. The van der Waals surface area contributed by atoms with Gasteiger partial charge in [-0.05, 0) is 79.8 Å². The second-order valence-electron chi connectivity index (χ2n) is 10.6. The largest absolute Gasteiger partial charge is 0.477 e. The standard InChI is InChI=1S/C26H37N3O4/c1-14(2)17-8-6-15(3)22(21-13-33-26(32)28-21)23(17)16-7-9-20-19(12-16)18(10-11-29(4)5)24(27-20)25(30)31/h7,9,12,14-15,17,21-23,27H,6,8,10-11,13H2,1-5H3,(H,28,32)(H,30,31). The van der Waals surface area contributed by atoms with Gasteiger partial charge in [0.15, 0.2) is 0 Å². The summed E-state index contributed by atoms with van der Waals surface area (Å²) in [6.07, 6.45) is 2.64. The number of nitrogens with one attached hydrogen (secondary N) is 2. The molecular weight excluding hydrogens is 418 g/mol. The number of hydrogen-bond acceptors (Lipinski definition) is 4. The van der Waals surface area contributed by atoms with Crippen LogP contribution in [0.5, 0.6) is 0 Å². The van der Waals surface area contributed by atoms with Crippen LogP contribution in [0.3, 0.4) is 0 Å². The van der Waals surface area contributed by atoms with Crippen molar-refractivity contribution in [1.29, 1.82) is 0 Å².